The van der Waals surface area contributed by atoms with Gasteiger partial charge >= 0.3 is 0 Å². The van der Waals surface area contributed by atoms with Crippen molar-refractivity contribution in [3.8, 4) is 0 Å². The van der Waals surface area contributed by atoms with Gasteiger partial charge in [0.1, 0.15) is 0 Å². The van der Waals surface area contributed by atoms with Gasteiger partial charge < -0.3 is 10.8 Å². The zero-order valence-electron chi connectivity index (χ0n) is 7.10. The van der Waals surface area contributed by atoms with Gasteiger partial charge in [0, 0.05) is 0 Å². The van der Waals surface area contributed by atoms with Crippen molar-refractivity contribution in [1.29, 1.82) is 0 Å². The van der Waals surface area contributed by atoms with E-state index in [1.54, 1.807) is 0 Å². The third-order valence-electron chi connectivity index (χ3n) is 2.51. The summed E-state index contributed by atoms with van der Waals surface area (Å²) in [5, 5.41) is 9.58. The summed E-state index contributed by atoms with van der Waals surface area (Å²) >= 11 is 0. The van der Waals surface area contributed by atoms with Crippen LogP contribution in [-0.4, -0.2) is 17.1 Å². The van der Waals surface area contributed by atoms with Crippen molar-refractivity contribution in [3.05, 3.63) is 35.4 Å². The molecule has 68 valence electrons. The average Bonchev–Trinajstić information content (AvgIpc) is 2.39. The first kappa shape index (κ1) is 8.26. The van der Waals surface area contributed by atoms with Gasteiger partial charge in [-0.1, -0.05) is 24.3 Å². The van der Waals surface area contributed by atoms with Crippen molar-refractivity contribution in [2.24, 2.45) is 5.73 Å². The van der Waals surface area contributed by atoms with E-state index < -0.39 is 17.9 Å². The summed E-state index contributed by atoms with van der Waals surface area (Å²) in [5.41, 5.74) is 7.11. The highest BCUT2D eigenvalue weighted by molar-refractivity contribution is 5.84. The molecule has 0 aromatic heterocycles. The molecule has 1 unspecified atom stereocenters. The molecule has 1 aromatic carbocycles. The van der Waals surface area contributed by atoms with Crippen molar-refractivity contribution in [1.82, 2.24) is 0 Å². The molecule has 0 heterocycles. The summed E-state index contributed by atoms with van der Waals surface area (Å²) in [5.74, 6) is -0.964. The van der Waals surface area contributed by atoms with Crippen LogP contribution in [0.3, 0.4) is 0 Å². The summed E-state index contributed by atoms with van der Waals surface area (Å²) in [7, 11) is 0. The summed E-state index contributed by atoms with van der Waals surface area (Å²) in [4.78, 5) is 11.0. The van der Waals surface area contributed by atoms with Crippen molar-refractivity contribution in [2.45, 2.75) is 18.4 Å². The van der Waals surface area contributed by atoms with Gasteiger partial charge in [-0.3, -0.25) is 4.79 Å². The van der Waals surface area contributed by atoms with Crippen LogP contribution in [0, 0.1) is 0 Å². The Hall–Kier alpha value is -1.35. The first-order chi connectivity index (χ1) is 6.20. The predicted octanol–water partition coefficient (Wildman–Crippen LogP) is 0.173. The number of hydrogen-bond donors (Lipinski definition) is 2. The number of benzene rings is 1. The molecule has 0 radical (unpaired) electrons. The topological polar surface area (TPSA) is 63.3 Å². The lowest BCUT2D eigenvalue weighted by Crippen LogP contribution is -2.28. The molecule has 3 heteroatoms. The second-order valence-electron chi connectivity index (χ2n) is 3.35. The average molecular weight is 177 g/mol. The molecule has 0 aliphatic heterocycles. The zero-order chi connectivity index (χ0) is 9.42. The number of nitrogens with two attached hydrogens (primary N) is 1. The molecule has 2 rings (SSSR count). The van der Waals surface area contributed by atoms with Gasteiger partial charge in [0.15, 0.2) is 0 Å². The van der Waals surface area contributed by atoms with Gasteiger partial charge in [0.05, 0.1) is 12.0 Å². The second-order valence-corrected chi connectivity index (χ2v) is 3.35. The van der Waals surface area contributed by atoms with Crippen LogP contribution in [-0.2, 0) is 11.2 Å². The Morgan fingerprint density at radius 1 is 1.46 bits per heavy atom. The van der Waals surface area contributed by atoms with E-state index in [4.69, 9.17) is 5.73 Å². The van der Waals surface area contributed by atoms with Crippen molar-refractivity contribution >= 4 is 5.91 Å². The molecular formula is C10H11NO2. The van der Waals surface area contributed by atoms with Gasteiger partial charge in [-0.05, 0) is 17.5 Å². The Balaban J connectivity index is 2.46. The molecule has 2 atom stereocenters. The van der Waals surface area contributed by atoms with Crippen LogP contribution in [0.15, 0.2) is 24.3 Å². The lowest BCUT2D eigenvalue weighted by atomic mass is 9.99. The van der Waals surface area contributed by atoms with Crippen LogP contribution in [0.4, 0.5) is 0 Å². The van der Waals surface area contributed by atoms with E-state index in [0.29, 0.717) is 6.42 Å². The third-order valence-corrected chi connectivity index (χ3v) is 2.51. The highest BCUT2D eigenvalue weighted by Gasteiger charge is 2.34. The first-order valence-electron chi connectivity index (χ1n) is 4.25. The van der Waals surface area contributed by atoms with Crippen LogP contribution >= 0.6 is 0 Å². The maximum Gasteiger partial charge on any atom is 0.227 e. The Bertz CT molecular complexity index is 349. The van der Waals surface area contributed by atoms with Crippen molar-refractivity contribution in [2.75, 3.05) is 0 Å². The molecule has 1 aromatic rings. The number of carbonyl (C=O) groups is 1. The molecule has 3 nitrogen and oxygen atoms in total. The van der Waals surface area contributed by atoms with Crippen LogP contribution in [0.25, 0.3) is 0 Å². The highest BCUT2D eigenvalue weighted by atomic mass is 16.3. The molecule has 0 bridgehead atoms. The summed E-state index contributed by atoms with van der Waals surface area (Å²) in [6, 6.07) is 7.52. The smallest absolute Gasteiger partial charge is 0.227 e. The zero-order valence-corrected chi connectivity index (χ0v) is 7.10. The largest absolute Gasteiger partial charge is 0.392 e. The second kappa shape index (κ2) is 2.85. The van der Waals surface area contributed by atoms with E-state index in [1.165, 1.54) is 0 Å². The van der Waals surface area contributed by atoms with E-state index in [-0.39, 0.29) is 0 Å². The molecular weight excluding hydrogens is 166 g/mol. The van der Waals surface area contributed by atoms with Crippen LogP contribution < -0.4 is 5.73 Å². The summed E-state index contributed by atoms with van der Waals surface area (Å²) in [6.45, 7) is 0. The summed E-state index contributed by atoms with van der Waals surface area (Å²) in [6.07, 6.45) is -0.112. The molecule has 0 fully saturated rings. The Labute approximate surface area is 76.2 Å². The maximum absolute atomic E-state index is 11.0. The van der Waals surface area contributed by atoms with E-state index in [1.807, 2.05) is 24.3 Å². The molecule has 13 heavy (non-hydrogen) atoms. The molecule has 3 N–H and O–H groups in total. The number of fused-ring (bicyclic) bond motifs is 1. The molecule has 0 saturated heterocycles. The Morgan fingerprint density at radius 3 is 2.85 bits per heavy atom. The third kappa shape index (κ3) is 1.21. The number of carbonyl (C=O) groups excluding carboxylic acids is 1. The Kier molecular flexibility index (Phi) is 1.81. The monoisotopic (exact) mass is 177 g/mol. The molecule has 0 saturated carbocycles. The number of primary amides is 1. The van der Waals surface area contributed by atoms with Crippen LogP contribution in [0.1, 0.15) is 17.0 Å². The van der Waals surface area contributed by atoms with Crippen LogP contribution in [0.5, 0.6) is 0 Å². The van der Waals surface area contributed by atoms with Crippen molar-refractivity contribution in [3.63, 3.8) is 0 Å². The van der Waals surface area contributed by atoms with E-state index >= 15 is 0 Å². The fourth-order valence-corrected chi connectivity index (χ4v) is 1.92. The summed E-state index contributed by atoms with van der Waals surface area (Å²) < 4.78 is 0. The molecule has 0 spiro atoms. The van der Waals surface area contributed by atoms with Crippen LogP contribution in [0.2, 0.25) is 0 Å². The normalized spacial score (nSPS) is 25.6. The van der Waals surface area contributed by atoms with Gasteiger partial charge in [-0.25, -0.2) is 0 Å². The molecule has 1 aliphatic carbocycles. The number of hydrogen-bond acceptors (Lipinski definition) is 2. The van der Waals surface area contributed by atoms with E-state index in [9.17, 15) is 9.90 Å². The van der Waals surface area contributed by atoms with Gasteiger partial charge in [0.2, 0.25) is 5.91 Å². The number of aliphatic hydroxyl groups is 1. The van der Waals surface area contributed by atoms with E-state index in [0.717, 1.165) is 11.1 Å². The minimum absolute atomic E-state index is 0.447. The first-order valence-corrected chi connectivity index (χ1v) is 4.25. The van der Waals surface area contributed by atoms with Gasteiger partial charge in [0.25, 0.3) is 0 Å². The fourth-order valence-electron chi connectivity index (χ4n) is 1.92. The minimum atomic E-state index is -0.644. The Morgan fingerprint density at radius 2 is 2.15 bits per heavy atom. The van der Waals surface area contributed by atoms with Gasteiger partial charge in [-0.2, -0.15) is 0 Å². The highest BCUT2D eigenvalue weighted by Crippen LogP contribution is 2.32. The standard InChI is InChI=1S/C10H11NO2/c11-10(13)9-7-4-2-1-3-6(7)5-8(9)12/h1-4,8-9,12H,5H2,(H2,11,13)/t8-,9?/m1/s1. The predicted molar refractivity (Wildman–Crippen MR) is 48.1 cm³/mol. The molecule has 1 aliphatic rings. The molecule has 1 amide bonds. The number of amides is 1. The quantitative estimate of drug-likeness (QED) is 0.642. The van der Waals surface area contributed by atoms with E-state index in [2.05, 4.69) is 0 Å². The van der Waals surface area contributed by atoms with Crippen molar-refractivity contribution < 1.29 is 9.90 Å². The number of rotatable bonds is 1. The maximum atomic E-state index is 11.0. The minimum Gasteiger partial charge on any atom is -0.392 e. The lowest BCUT2D eigenvalue weighted by molar-refractivity contribution is -0.121. The fraction of sp³-hybridized carbons (Fsp3) is 0.300. The van der Waals surface area contributed by atoms with Gasteiger partial charge in [-0.15, -0.1) is 0 Å². The number of aliphatic hydroxyl groups excluding tert-OH is 1. The lowest BCUT2D eigenvalue weighted by Gasteiger charge is -2.10. The SMILES string of the molecule is NC(=O)C1c2ccccc2C[C@H]1O.